The number of hydrogen-bond donors (Lipinski definition) is 1. The monoisotopic (exact) mass is 625 g/mol. The lowest BCUT2D eigenvalue weighted by molar-refractivity contribution is -0.144. The normalized spacial score (nSPS) is 21.7. The molecule has 2 fully saturated rings. The first-order valence-corrected chi connectivity index (χ1v) is 14.3. The van der Waals surface area contributed by atoms with Gasteiger partial charge < -0.3 is 10.0 Å². The molecule has 0 saturated carbocycles. The molecule has 0 bridgehead atoms. The second-order valence-corrected chi connectivity index (χ2v) is 11.4. The van der Waals surface area contributed by atoms with Crippen molar-refractivity contribution in [1.82, 2.24) is 29.5 Å². The fourth-order valence-corrected chi connectivity index (χ4v) is 6.15. The molecule has 1 N–H and O–H groups in total. The lowest BCUT2D eigenvalue weighted by Crippen LogP contribution is -2.46. The van der Waals surface area contributed by atoms with Crippen molar-refractivity contribution < 1.29 is 36.2 Å². The third kappa shape index (κ3) is 6.98. The van der Waals surface area contributed by atoms with Crippen LogP contribution in [-0.4, -0.2) is 78.5 Å². The van der Waals surface area contributed by atoms with E-state index in [9.17, 15) is 36.2 Å². The Morgan fingerprint density at radius 2 is 1.66 bits per heavy atom. The van der Waals surface area contributed by atoms with Gasteiger partial charge in [0.15, 0.2) is 0 Å². The number of aryl methyl sites for hydroxylation is 1. The quantitative estimate of drug-likeness (QED) is 0.322. The summed E-state index contributed by atoms with van der Waals surface area (Å²) in [5.74, 6) is -0.727. The molecule has 4 heterocycles. The lowest BCUT2D eigenvalue weighted by Gasteiger charge is -2.32. The maximum Gasteiger partial charge on any atom is 0.416 e. The lowest BCUT2D eigenvalue weighted by atomic mass is 10.0. The van der Waals surface area contributed by atoms with Crippen LogP contribution in [0.15, 0.2) is 43.0 Å². The summed E-state index contributed by atoms with van der Waals surface area (Å²) in [4.78, 5) is 26.4. The van der Waals surface area contributed by atoms with E-state index in [0.29, 0.717) is 38.2 Å². The second kappa shape index (κ2) is 12.3. The van der Waals surface area contributed by atoms with Crippen molar-refractivity contribution >= 4 is 11.9 Å². The van der Waals surface area contributed by atoms with Gasteiger partial charge in [-0.3, -0.25) is 19.3 Å². The van der Waals surface area contributed by atoms with Gasteiger partial charge in [0.1, 0.15) is 6.04 Å². The third-order valence-electron chi connectivity index (χ3n) is 8.36. The molecule has 2 saturated heterocycles. The summed E-state index contributed by atoms with van der Waals surface area (Å²) in [5, 5.41) is 13.8. The predicted octanol–water partition coefficient (Wildman–Crippen LogP) is 5.28. The topological polar surface area (TPSA) is 90.6 Å². The number of carboxylic acid groups (broad SMARTS) is 1. The molecule has 3 atom stereocenters. The summed E-state index contributed by atoms with van der Waals surface area (Å²) in [6.07, 6.45) is -0.903. The Hall–Kier alpha value is -3.72. The molecule has 2 aromatic heterocycles. The van der Waals surface area contributed by atoms with E-state index >= 15 is 0 Å². The van der Waals surface area contributed by atoms with Crippen LogP contribution in [0.1, 0.15) is 49.3 Å². The fraction of sp³-hybridized carbons (Fsp3) is 0.517. The summed E-state index contributed by atoms with van der Waals surface area (Å²) in [6, 6.07) is 0.637. The Balaban J connectivity index is 1.49. The Bertz CT molecular complexity index is 1430. The van der Waals surface area contributed by atoms with E-state index in [2.05, 4.69) is 20.0 Å². The average Bonchev–Trinajstić information content (AvgIpc) is 3.71. The molecule has 0 aliphatic carbocycles. The zero-order chi connectivity index (χ0) is 31.8. The highest BCUT2D eigenvalue weighted by Gasteiger charge is 2.41. The zero-order valence-electron chi connectivity index (χ0n) is 24.2. The number of anilines is 1. The van der Waals surface area contributed by atoms with Crippen LogP contribution in [0.25, 0.3) is 11.1 Å². The van der Waals surface area contributed by atoms with Crippen molar-refractivity contribution in [2.45, 2.75) is 69.6 Å². The molecule has 9 nitrogen and oxygen atoms in total. The van der Waals surface area contributed by atoms with Crippen LogP contribution in [0.4, 0.5) is 32.3 Å². The number of carbonyl (C=O) groups is 1. The van der Waals surface area contributed by atoms with E-state index in [1.807, 2.05) is 11.8 Å². The SMILES string of the molecule is CCC1CC(N(Cc2cc(C(F)(F)F)cc(C(F)(F)F)c2)c2ncc(-c3cnn(C)c3)cn2)CN1CN1CCCC1C(=O)O. The molecule has 0 amide bonds. The van der Waals surface area contributed by atoms with E-state index in [1.54, 1.807) is 41.4 Å². The first kappa shape index (κ1) is 31.7. The van der Waals surface area contributed by atoms with Crippen molar-refractivity contribution in [2.75, 3.05) is 24.7 Å². The Kier molecular flexibility index (Phi) is 8.89. The minimum Gasteiger partial charge on any atom is -0.480 e. The summed E-state index contributed by atoms with van der Waals surface area (Å²) in [5.41, 5.74) is -1.56. The second-order valence-electron chi connectivity index (χ2n) is 11.4. The van der Waals surface area contributed by atoms with Crippen LogP contribution in [0.2, 0.25) is 0 Å². The molecule has 15 heteroatoms. The number of benzene rings is 1. The molecule has 2 aliphatic rings. The molecule has 3 aromatic rings. The standard InChI is InChI=1S/C29H33F6N7O2/c1-3-23-10-24(16-41(23)17-40-6-4-5-25(40)26(43)44)42(27-36-11-19(12-37-27)20-13-38-39(2)15-20)14-18-7-21(28(30,31)32)9-22(8-18)29(33,34)35/h7-9,11-13,15,23-25H,3-6,10,14,16-17H2,1-2H3,(H,43,44). The first-order valence-electron chi connectivity index (χ1n) is 14.3. The van der Waals surface area contributed by atoms with Crippen molar-refractivity contribution in [1.29, 1.82) is 0 Å². The van der Waals surface area contributed by atoms with Gasteiger partial charge in [0.05, 0.1) is 24.0 Å². The molecule has 238 valence electrons. The van der Waals surface area contributed by atoms with Crippen LogP contribution in [0, 0.1) is 0 Å². The average molecular weight is 626 g/mol. The number of rotatable bonds is 9. The molecule has 0 spiro atoms. The van der Waals surface area contributed by atoms with E-state index in [0.717, 1.165) is 30.5 Å². The zero-order valence-corrected chi connectivity index (χ0v) is 24.2. The number of likely N-dealkylation sites (tertiary alicyclic amines) is 2. The van der Waals surface area contributed by atoms with Crippen LogP contribution >= 0.6 is 0 Å². The molecule has 44 heavy (non-hydrogen) atoms. The highest BCUT2D eigenvalue weighted by molar-refractivity contribution is 5.73. The van der Waals surface area contributed by atoms with Crippen molar-refractivity contribution in [3.63, 3.8) is 0 Å². The molecule has 2 aliphatic heterocycles. The van der Waals surface area contributed by atoms with E-state index < -0.39 is 35.5 Å². The van der Waals surface area contributed by atoms with E-state index in [-0.39, 0.29) is 36.2 Å². The number of carboxylic acids is 1. The van der Waals surface area contributed by atoms with Gasteiger partial charge in [-0.1, -0.05) is 6.92 Å². The van der Waals surface area contributed by atoms with Crippen LogP contribution in [0.5, 0.6) is 0 Å². The van der Waals surface area contributed by atoms with Gasteiger partial charge in [0, 0.05) is 68.5 Å². The molecular formula is C29H33F6N7O2. The number of alkyl halides is 6. The van der Waals surface area contributed by atoms with Crippen molar-refractivity contribution in [3.8, 4) is 11.1 Å². The number of hydrogen-bond acceptors (Lipinski definition) is 7. The highest BCUT2D eigenvalue weighted by Crippen LogP contribution is 2.37. The van der Waals surface area contributed by atoms with Crippen LogP contribution in [-0.2, 0) is 30.7 Å². The van der Waals surface area contributed by atoms with Gasteiger partial charge >= 0.3 is 18.3 Å². The molecule has 1 aromatic carbocycles. The minimum absolute atomic E-state index is 0.0134. The van der Waals surface area contributed by atoms with Crippen molar-refractivity contribution in [2.24, 2.45) is 7.05 Å². The first-order chi connectivity index (χ1) is 20.7. The van der Waals surface area contributed by atoms with Gasteiger partial charge in [-0.15, -0.1) is 0 Å². The Morgan fingerprint density at radius 1 is 1.00 bits per heavy atom. The van der Waals surface area contributed by atoms with E-state index in [4.69, 9.17) is 0 Å². The predicted molar refractivity (Wildman–Crippen MR) is 148 cm³/mol. The number of halogens is 6. The van der Waals surface area contributed by atoms with Crippen LogP contribution in [0.3, 0.4) is 0 Å². The number of aromatic nitrogens is 4. The smallest absolute Gasteiger partial charge is 0.416 e. The van der Waals surface area contributed by atoms with Crippen LogP contribution < -0.4 is 4.90 Å². The third-order valence-corrected chi connectivity index (χ3v) is 8.36. The maximum absolute atomic E-state index is 13.7. The number of aliphatic carboxylic acids is 1. The molecule has 5 rings (SSSR count). The van der Waals surface area contributed by atoms with E-state index in [1.165, 1.54) is 0 Å². The molecule has 0 radical (unpaired) electrons. The summed E-state index contributed by atoms with van der Waals surface area (Å²) >= 11 is 0. The maximum atomic E-state index is 13.7. The molecule has 3 unspecified atom stereocenters. The highest BCUT2D eigenvalue weighted by atomic mass is 19.4. The van der Waals surface area contributed by atoms with Gasteiger partial charge in [-0.2, -0.15) is 31.4 Å². The fourth-order valence-electron chi connectivity index (χ4n) is 6.15. The van der Waals surface area contributed by atoms with Gasteiger partial charge in [0.25, 0.3) is 0 Å². The number of nitrogens with zero attached hydrogens (tertiary/aromatic N) is 7. The largest absolute Gasteiger partial charge is 0.480 e. The Labute approximate surface area is 250 Å². The minimum atomic E-state index is -4.98. The Morgan fingerprint density at radius 3 is 2.20 bits per heavy atom. The summed E-state index contributed by atoms with van der Waals surface area (Å²) in [7, 11) is 1.75. The summed E-state index contributed by atoms with van der Waals surface area (Å²) in [6.45, 7) is 3.12. The molecular weight excluding hydrogens is 592 g/mol. The summed E-state index contributed by atoms with van der Waals surface area (Å²) < 4.78 is 83.6. The van der Waals surface area contributed by atoms with Gasteiger partial charge in [-0.25, -0.2) is 9.97 Å². The van der Waals surface area contributed by atoms with Gasteiger partial charge in [0.2, 0.25) is 5.95 Å². The van der Waals surface area contributed by atoms with Crippen molar-refractivity contribution in [3.05, 3.63) is 59.7 Å². The van der Waals surface area contributed by atoms with Gasteiger partial charge in [-0.05, 0) is 49.4 Å².